The Bertz CT molecular complexity index is 593. The molecule has 0 saturated heterocycles. The molecule has 1 aliphatic heterocycles. The van der Waals surface area contributed by atoms with Gasteiger partial charge in [-0.3, -0.25) is 4.98 Å². The number of aromatic nitrogens is 1. The van der Waals surface area contributed by atoms with Crippen molar-refractivity contribution in [2.24, 2.45) is 0 Å². The standard InChI is InChI=1S/C17H20N2O/c1-17(2)9-14-6-3-7-15(16(14)20-17)12-19-11-13-5-4-8-18-10-13/h3-8,10,19H,9,11-12H2,1-2H3. The molecule has 3 rings (SSSR count). The van der Waals surface area contributed by atoms with E-state index < -0.39 is 0 Å². The molecule has 0 radical (unpaired) electrons. The highest BCUT2D eigenvalue weighted by atomic mass is 16.5. The van der Waals surface area contributed by atoms with Crippen molar-refractivity contribution in [1.29, 1.82) is 0 Å². The summed E-state index contributed by atoms with van der Waals surface area (Å²) in [7, 11) is 0. The maximum Gasteiger partial charge on any atom is 0.127 e. The third kappa shape index (κ3) is 2.83. The van der Waals surface area contributed by atoms with Crippen molar-refractivity contribution in [2.45, 2.75) is 39.0 Å². The van der Waals surface area contributed by atoms with Gasteiger partial charge in [0.15, 0.2) is 0 Å². The average Bonchev–Trinajstić information content (AvgIpc) is 2.75. The number of nitrogens with zero attached hydrogens (tertiary/aromatic N) is 1. The lowest BCUT2D eigenvalue weighted by Gasteiger charge is -2.18. The van der Waals surface area contributed by atoms with Crippen LogP contribution in [-0.2, 0) is 19.5 Å². The Morgan fingerprint density at radius 2 is 2.10 bits per heavy atom. The molecular weight excluding hydrogens is 248 g/mol. The van der Waals surface area contributed by atoms with E-state index in [2.05, 4.69) is 48.4 Å². The molecule has 0 spiro atoms. The molecule has 0 aliphatic carbocycles. The normalized spacial score (nSPS) is 15.7. The second-order valence-corrected chi connectivity index (χ2v) is 5.91. The number of nitrogens with one attached hydrogen (secondary N) is 1. The number of fused-ring (bicyclic) bond motifs is 1. The van der Waals surface area contributed by atoms with Crippen LogP contribution in [0.15, 0.2) is 42.7 Å². The highest BCUT2D eigenvalue weighted by molar-refractivity contribution is 5.45. The van der Waals surface area contributed by atoms with Crippen LogP contribution >= 0.6 is 0 Å². The number of para-hydroxylation sites is 1. The Morgan fingerprint density at radius 1 is 1.20 bits per heavy atom. The zero-order valence-electron chi connectivity index (χ0n) is 12.0. The minimum absolute atomic E-state index is 0.0816. The van der Waals surface area contributed by atoms with Gasteiger partial charge in [0.1, 0.15) is 11.4 Å². The fraction of sp³-hybridized carbons (Fsp3) is 0.353. The van der Waals surface area contributed by atoms with Crippen LogP contribution < -0.4 is 10.1 Å². The van der Waals surface area contributed by atoms with Gasteiger partial charge in [-0.1, -0.05) is 24.3 Å². The smallest absolute Gasteiger partial charge is 0.127 e. The fourth-order valence-corrected chi connectivity index (χ4v) is 2.66. The van der Waals surface area contributed by atoms with Crippen molar-refractivity contribution in [3.63, 3.8) is 0 Å². The van der Waals surface area contributed by atoms with Gasteiger partial charge in [-0.2, -0.15) is 0 Å². The van der Waals surface area contributed by atoms with E-state index in [1.165, 1.54) is 16.7 Å². The molecule has 0 amide bonds. The summed E-state index contributed by atoms with van der Waals surface area (Å²) in [5, 5.41) is 3.46. The molecule has 104 valence electrons. The van der Waals surface area contributed by atoms with Crippen molar-refractivity contribution >= 4 is 0 Å². The van der Waals surface area contributed by atoms with E-state index in [9.17, 15) is 0 Å². The fourth-order valence-electron chi connectivity index (χ4n) is 2.66. The molecule has 3 nitrogen and oxygen atoms in total. The number of benzene rings is 1. The molecule has 1 aromatic heterocycles. The van der Waals surface area contributed by atoms with E-state index >= 15 is 0 Å². The van der Waals surface area contributed by atoms with E-state index in [4.69, 9.17) is 4.74 Å². The summed E-state index contributed by atoms with van der Waals surface area (Å²) in [6.45, 7) is 5.91. The maximum absolute atomic E-state index is 6.08. The van der Waals surface area contributed by atoms with Crippen molar-refractivity contribution in [3.05, 3.63) is 59.4 Å². The number of ether oxygens (including phenoxy) is 1. The molecule has 20 heavy (non-hydrogen) atoms. The van der Waals surface area contributed by atoms with Gasteiger partial charge in [0.05, 0.1) is 0 Å². The molecule has 0 fully saturated rings. The third-order valence-electron chi connectivity index (χ3n) is 3.54. The molecule has 0 bridgehead atoms. The molecular formula is C17H20N2O. The summed E-state index contributed by atoms with van der Waals surface area (Å²) >= 11 is 0. The SMILES string of the molecule is CC1(C)Cc2cccc(CNCc3cccnc3)c2O1. The lowest BCUT2D eigenvalue weighted by Crippen LogP contribution is -2.25. The second kappa shape index (κ2) is 5.25. The van der Waals surface area contributed by atoms with Gasteiger partial charge >= 0.3 is 0 Å². The second-order valence-electron chi connectivity index (χ2n) is 5.91. The molecule has 2 heterocycles. The van der Waals surface area contributed by atoms with Crippen LogP contribution in [0.2, 0.25) is 0 Å². The Morgan fingerprint density at radius 3 is 2.90 bits per heavy atom. The molecule has 2 aromatic rings. The minimum atomic E-state index is -0.0816. The lowest BCUT2D eigenvalue weighted by atomic mass is 10.0. The van der Waals surface area contributed by atoms with Crippen LogP contribution in [0.3, 0.4) is 0 Å². The first-order chi connectivity index (χ1) is 9.64. The predicted octanol–water partition coefficient (Wildman–Crippen LogP) is 3.08. The summed E-state index contributed by atoms with van der Waals surface area (Å²) in [5.74, 6) is 1.07. The lowest BCUT2D eigenvalue weighted by molar-refractivity contribution is 0.137. The topological polar surface area (TPSA) is 34.2 Å². The summed E-state index contributed by atoms with van der Waals surface area (Å²) in [4.78, 5) is 4.12. The minimum Gasteiger partial charge on any atom is -0.487 e. The van der Waals surface area contributed by atoms with Gasteiger partial charge in [-0.15, -0.1) is 0 Å². The largest absolute Gasteiger partial charge is 0.487 e. The number of hydrogen-bond acceptors (Lipinski definition) is 3. The van der Waals surface area contributed by atoms with Gasteiger partial charge in [-0.05, 0) is 31.0 Å². The quantitative estimate of drug-likeness (QED) is 0.925. The van der Waals surface area contributed by atoms with Crippen LogP contribution in [0, 0.1) is 0 Å². The van der Waals surface area contributed by atoms with Crippen LogP contribution in [0.5, 0.6) is 5.75 Å². The predicted molar refractivity (Wildman–Crippen MR) is 79.6 cm³/mol. The molecule has 0 unspecified atom stereocenters. The summed E-state index contributed by atoms with van der Waals surface area (Å²) < 4.78 is 6.08. The van der Waals surface area contributed by atoms with E-state index in [0.29, 0.717) is 0 Å². The van der Waals surface area contributed by atoms with Gasteiger partial charge in [0.2, 0.25) is 0 Å². The monoisotopic (exact) mass is 268 g/mol. The number of rotatable bonds is 4. The van der Waals surface area contributed by atoms with Crippen LogP contribution in [0.1, 0.15) is 30.5 Å². The molecule has 3 heteroatoms. The van der Waals surface area contributed by atoms with Gasteiger partial charge in [-0.25, -0.2) is 0 Å². The third-order valence-corrected chi connectivity index (χ3v) is 3.54. The summed E-state index contributed by atoms with van der Waals surface area (Å²) in [6, 6.07) is 10.5. The molecule has 0 saturated carbocycles. The van der Waals surface area contributed by atoms with Crippen LogP contribution in [0.25, 0.3) is 0 Å². The molecule has 0 atom stereocenters. The zero-order valence-corrected chi connectivity index (χ0v) is 12.0. The van der Waals surface area contributed by atoms with E-state index in [-0.39, 0.29) is 5.60 Å². The van der Waals surface area contributed by atoms with Gasteiger partial charge in [0.25, 0.3) is 0 Å². The Balaban J connectivity index is 1.66. The van der Waals surface area contributed by atoms with Crippen molar-refractivity contribution in [3.8, 4) is 5.75 Å². The summed E-state index contributed by atoms with van der Waals surface area (Å²) in [6.07, 6.45) is 4.67. The highest BCUT2D eigenvalue weighted by Crippen LogP contribution is 2.37. The molecule has 1 aliphatic rings. The average molecular weight is 268 g/mol. The first-order valence-electron chi connectivity index (χ1n) is 7.03. The zero-order chi connectivity index (χ0) is 14.0. The van der Waals surface area contributed by atoms with E-state index in [1.807, 2.05) is 12.3 Å². The first kappa shape index (κ1) is 13.1. The van der Waals surface area contributed by atoms with Crippen LogP contribution in [-0.4, -0.2) is 10.6 Å². The molecule has 1 aromatic carbocycles. The van der Waals surface area contributed by atoms with E-state index in [0.717, 1.165) is 25.3 Å². The Kier molecular flexibility index (Phi) is 3.45. The summed E-state index contributed by atoms with van der Waals surface area (Å²) in [5.41, 5.74) is 3.66. The maximum atomic E-state index is 6.08. The van der Waals surface area contributed by atoms with Crippen molar-refractivity contribution < 1.29 is 4.74 Å². The molecule has 1 N–H and O–H groups in total. The van der Waals surface area contributed by atoms with Crippen molar-refractivity contribution in [1.82, 2.24) is 10.3 Å². The van der Waals surface area contributed by atoms with Crippen molar-refractivity contribution in [2.75, 3.05) is 0 Å². The highest BCUT2D eigenvalue weighted by Gasteiger charge is 2.31. The number of pyridine rings is 1. The van der Waals surface area contributed by atoms with Crippen LogP contribution in [0.4, 0.5) is 0 Å². The first-order valence-corrected chi connectivity index (χ1v) is 7.03. The van der Waals surface area contributed by atoms with E-state index in [1.54, 1.807) is 6.20 Å². The number of hydrogen-bond donors (Lipinski definition) is 1. The Hall–Kier alpha value is -1.87. The Labute approximate surface area is 120 Å². The van der Waals surface area contributed by atoms with Gasteiger partial charge < -0.3 is 10.1 Å². The van der Waals surface area contributed by atoms with Gasteiger partial charge in [0, 0.05) is 37.5 Å².